The Bertz CT molecular complexity index is 410. The van der Waals surface area contributed by atoms with Gasteiger partial charge in [0, 0.05) is 5.92 Å². The van der Waals surface area contributed by atoms with E-state index in [-0.39, 0.29) is 17.1 Å². The fourth-order valence-corrected chi connectivity index (χ4v) is 2.12. The molecule has 1 aromatic rings. The highest BCUT2D eigenvalue weighted by atomic mass is 16.3. The van der Waals surface area contributed by atoms with Crippen LogP contribution in [0.15, 0.2) is 28.4 Å². The molecular weight excluding hydrogens is 200 g/mol. The molecule has 1 aliphatic carbocycles. The molecule has 1 fully saturated rings. The van der Waals surface area contributed by atoms with Crippen molar-refractivity contribution in [2.45, 2.75) is 33.6 Å². The van der Waals surface area contributed by atoms with Crippen molar-refractivity contribution in [3.05, 3.63) is 29.7 Å². The molecule has 1 aliphatic rings. The molecule has 0 N–H and O–H groups in total. The van der Waals surface area contributed by atoms with Gasteiger partial charge in [-0.1, -0.05) is 20.8 Å². The minimum atomic E-state index is 0.0995. The molecule has 16 heavy (non-hydrogen) atoms. The quantitative estimate of drug-likeness (QED) is 0.673. The topological polar surface area (TPSA) is 30.2 Å². The van der Waals surface area contributed by atoms with Crippen molar-refractivity contribution in [3.8, 4) is 0 Å². The highest BCUT2D eigenvalue weighted by molar-refractivity contribution is 6.01. The van der Waals surface area contributed by atoms with Gasteiger partial charge in [0.05, 0.1) is 6.26 Å². The maximum atomic E-state index is 12.2. The van der Waals surface area contributed by atoms with Gasteiger partial charge in [-0.15, -0.1) is 0 Å². The Morgan fingerprint density at radius 3 is 2.88 bits per heavy atom. The predicted octanol–water partition coefficient (Wildman–Crippen LogP) is 3.69. The zero-order valence-electron chi connectivity index (χ0n) is 10.1. The SMILES string of the molecule is CC1C(=O)C(=Cc2ccco2)CCC1(C)C. The first-order valence-corrected chi connectivity index (χ1v) is 5.79. The smallest absolute Gasteiger partial charge is 0.162 e. The van der Waals surface area contributed by atoms with Crippen LogP contribution in [0.1, 0.15) is 39.4 Å². The number of hydrogen-bond donors (Lipinski definition) is 0. The average Bonchev–Trinajstić information content (AvgIpc) is 2.72. The van der Waals surface area contributed by atoms with Crippen molar-refractivity contribution in [3.63, 3.8) is 0 Å². The van der Waals surface area contributed by atoms with Crippen LogP contribution >= 0.6 is 0 Å². The second kappa shape index (κ2) is 3.93. The van der Waals surface area contributed by atoms with E-state index in [0.29, 0.717) is 0 Å². The van der Waals surface area contributed by atoms with Gasteiger partial charge < -0.3 is 4.42 Å². The minimum Gasteiger partial charge on any atom is -0.465 e. The molecule has 0 spiro atoms. The van der Waals surface area contributed by atoms with Crippen LogP contribution in [0, 0.1) is 11.3 Å². The molecule has 0 saturated heterocycles. The van der Waals surface area contributed by atoms with Gasteiger partial charge in [0.25, 0.3) is 0 Å². The molecule has 1 aromatic heterocycles. The van der Waals surface area contributed by atoms with E-state index in [1.807, 2.05) is 25.1 Å². The highest BCUT2D eigenvalue weighted by Crippen LogP contribution is 2.40. The Morgan fingerprint density at radius 1 is 1.50 bits per heavy atom. The fourth-order valence-electron chi connectivity index (χ4n) is 2.12. The van der Waals surface area contributed by atoms with Gasteiger partial charge in [0.1, 0.15) is 5.76 Å². The molecule has 2 nitrogen and oxygen atoms in total. The molecule has 1 saturated carbocycles. The lowest BCUT2D eigenvalue weighted by Crippen LogP contribution is -2.34. The molecule has 0 aliphatic heterocycles. The maximum Gasteiger partial charge on any atom is 0.162 e. The van der Waals surface area contributed by atoms with Crippen LogP contribution in [-0.2, 0) is 4.79 Å². The van der Waals surface area contributed by atoms with Gasteiger partial charge in [0.2, 0.25) is 0 Å². The molecule has 86 valence electrons. The minimum absolute atomic E-state index is 0.0995. The van der Waals surface area contributed by atoms with Crippen molar-refractivity contribution in [2.24, 2.45) is 11.3 Å². The van der Waals surface area contributed by atoms with Crippen molar-refractivity contribution >= 4 is 11.9 Å². The molecule has 0 aromatic carbocycles. The van der Waals surface area contributed by atoms with E-state index in [4.69, 9.17) is 4.42 Å². The third kappa shape index (κ3) is 1.97. The van der Waals surface area contributed by atoms with Crippen LogP contribution in [0.4, 0.5) is 0 Å². The van der Waals surface area contributed by atoms with E-state index in [1.165, 1.54) is 0 Å². The summed E-state index contributed by atoms with van der Waals surface area (Å²) < 4.78 is 5.24. The molecule has 0 amide bonds. The van der Waals surface area contributed by atoms with E-state index in [0.717, 1.165) is 24.2 Å². The van der Waals surface area contributed by atoms with E-state index < -0.39 is 0 Å². The van der Waals surface area contributed by atoms with Crippen LogP contribution < -0.4 is 0 Å². The van der Waals surface area contributed by atoms with Crippen molar-refractivity contribution in [1.82, 2.24) is 0 Å². The number of rotatable bonds is 1. The Kier molecular flexibility index (Phi) is 2.75. The summed E-state index contributed by atoms with van der Waals surface area (Å²) in [6.45, 7) is 6.36. The Labute approximate surface area is 96.3 Å². The summed E-state index contributed by atoms with van der Waals surface area (Å²) in [6, 6.07) is 3.72. The van der Waals surface area contributed by atoms with Crippen LogP contribution in [0.5, 0.6) is 0 Å². The van der Waals surface area contributed by atoms with Crippen LogP contribution in [0.25, 0.3) is 6.08 Å². The zero-order valence-corrected chi connectivity index (χ0v) is 10.1. The normalized spacial score (nSPS) is 27.3. The zero-order chi connectivity index (χ0) is 11.8. The third-order valence-electron chi connectivity index (χ3n) is 3.78. The number of hydrogen-bond acceptors (Lipinski definition) is 2. The molecule has 1 heterocycles. The molecule has 2 heteroatoms. The van der Waals surface area contributed by atoms with E-state index in [9.17, 15) is 4.79 Å². The lowest BCUT2D eigenvalue weighted by Gasteiger charge is -2.36. The lowest BCUT2D eigenvalue weighted by molar-refractivity contribution is -0.123. The molecular formula is C14H18O2. The Morgan fingerprint density at radius 2 is 2.25 bits per heavy atom. The van der Waals surface area contributed by atoms with Gasteiger partial charge in [0.15, 0.2) is 5.78 Å². The Hall–Kier alpha value is -1.31. The van der Waals surface area contributed by atoms with Crippen LogP contribution in [0.2, 0.25) is 0 Å². The summed E-state index contributed by atoms with van der Waals surface area (Å²) in [7, 11) is 0. The standard InChI is InChI=1S/C14H18O2/c1-10-13(15)11(6-7-14(10,2)3)9-12-5-4-8-16-12/h4-5,8-10H,6-7H2,1-3H3. The number of allylic oxidation sites excluding steroid dienone is 1. The third-order valence-corrected chi connectivity index (χ3v) is 3.78. The van der Waals surface area contributed by atoms with Crippen molar-refractivity contribution in [1.29, 1.82) is 0 Å². The summed E-state index contributed by atoms with van der Waals surface area (Å²) >= 11 is 0. The van der Waals surface area contributed by atoms with E-state index in [1.54, 1.807) is 6.26 Å². The highest BCUT2D eigenvalue weighted by Gasteiger charge is 2.37. The summed E-state index contributed by atoms with van der Waals surface area (Å²) in [5.74, 6) is 1.14. The van der Waals surface area contributed by atoms with E-state index >= 15 is 0 Å². The maximum absolute atomic E-state index is 12.2. The molecule has 0 radical (unpaired) electrons. The lowest BCUT2D eigenvalue weighted by atomic mass is 9.67. The average molecular weight is 218 g/mol. The van der Waals surface area contributed by atoms with Gasteiger partial charge in [-0.25, -0.2) is 0 Å². The summed E-state index contributed by atoms with van der Waals surface area (Å²) in [5.41, 5.74) is 1.03. The number of carbonyl (C=O) groups excluding carboxylic acids is 1. The van der Waals surface area contributed by atoms with Crippen LogP contribution in [-0.4, -0.2) is 5.78 Å². The van der Waals surface area contributed by atoms with Crippen LogP contribution in [0.3, 0.4) is 0 Å². The van der Waals surface area contributed by atoms with Gasteiger partial charge in [-0.3, -0.25) is 4.79 Å². The summed E-state index contributed by atoms with van der Waals surface area (Å²) in [4.78, 5) is 12.2. The monoisotopic (exact) mass is 218 g/mol. The van der Waals surface area contributed by atoms with Crippen molar-refractivity contribution in [2.75, 3.05) is 0 Å². The first kappa shape index (κ1) is 11.2. The number of Topliss-reactive ketones (excluding diaryl/α,β-unsaturated/α-hetero) is 1. The molecule has 1 unspecified atom stereocenters. The number of furan rings is 1. The van der Waals surface area contributed by atoms with Crippen molar-refractivity contribution < 1.29 is 9.21 Å². The van der Waals surface area contributed by atoms with Gasteiger partial charge in [-0.05, 0) is 42.0 Å². The van der Waals surface area contributed by atoms with Gasteiger partial charge >= 0.3 is 0 Å². The largest absolute Gasteiger partial charge is 0.465 e. The summed E-state index contributed by atoms with van der Waals surface area (Å²) in [5, 5.41) is 0. The first-order chi connectivity index (χ1) is 7.50. The number of carbonyl (C=O) groups is 1. The van der Waals surface area contributed by atoms with E-state index in [2.05, 4.69) is 13.8 Å². The number of ketones is 1. The predicted molar refractivity (Wildman–Crippen MR) is 63.9 cm³/mol. The second-order valence-electron chi connectivity index (χ2n) is 5.26. The molecule has 0 bridgehead atoms. The fraction of sp³-hybridized carbons (Fsp3) is 0.500. The Balaban J connectivity index is 2.24. The first-order valence-electron chi connectivity index (χ1n) is 5.79. The summed E-state index contributed by atoms with van der Waals surface area (Å²) in [6.07, 6.45) is 5.43. The molecule has 2 rings (SSSR count). The van der Waals surface area contributed by atoms with Gasteiger partial charge in [-0.2, -0.15) is 0 Å². The molecule has 1 atom stereocenters. The second-order valence-corrected chi connectivity index (χ2v) is 5.26.